The van der Waals surface area contributed by atoms with E-state index >= 15 is 0 Å². The Labute approximate surface area is 233 Å². The number of carbonyl (C=O) groups is 1. The first-order chi connectivity index (χ1) is 19.6. The molecule has 41 heavy (non-hydrogen) atoms. The average Bonchev–Trinajstić information content (AvgIpc) is 3.77. The summed E-state index contributed by atoms with van der Waals surface area (Å²) in [6.45, 7) is 1.57. The molecule has 2 aliphatic rings. The Morgan fingerprint density at radius 1 is 1.17 bits per heavy atom. The summed E-state index contributed by atoms with van der Waals surface area (Å²) in [6, 6.07) is 10.3. The number of aryl methyl sites for hydroxylation is 2. The van der Waals surface area contributed by atoms with Crippen LogP contribution in [0.5, 0.6) is 0 Å². The normalized spacial score (nSPS) is 17.7. The van der Waals surface area contributed by atoms with E-state index in [4.69, 9.17) is 5.73 Å². The molecule has 0 aliphatic heterocycles. The minimum atomic E-state index is -4.51. The maximum atomic E-state index is 14.6. The monoisotopic (exact) mass is 562 g/mol. The molecule has 1 amide bonds. The lowest BCUT2D eigenvalue weighted by Crippen LogP contribution is -2.43. The quantitative estimate of drug-likeness (QED) is 0.354. The van der Waals surface area contributed by atoms with E-state index in [0.29, 0.717) is 41.4 Å². The van der Waals surface area contributed by atoms with Crippen molar-refractivity contribution in [2.45, 2.75) is 69.8 Å². The van der Waals surface area contributed by atoms with Crippen LogP contribution in [0.2, 0.25) is 0 Å². The van der Waals surface area contributed by atoms with E-state index in [1.165, 1.54) is 13.0 Å². The summed E-state index contributed by atoms with van der Waals surface area (Å²) in [6.07, 6.45) is 1.62. The van der Waals surface area contributed by atoms with E-state index in [-0.39, 0.29) is 36.2 Å². The molecule has 3 N–H and O–H groups in total. The van der Waals surface area contributed by atoms with Crippen molar-refractivity contribution in [3.05, 3.63) is 98.5 Å². The lowest BCUT2D eigenvalue weighted by molar-refractivity contribution is -0.139. The van der Waals surface area contributed by atoms with Gasteiger partial charge in [-0.15, -0.1) is 0 Å². The molecule has 0 spiro atoms. The molecule has 1 fully saturated rings. The van der Waals surface area contributed by atoms with Gasteiger partial charge in [0.1, 0.15) is 0 Å². The van der Waals surface area contributed by atoms with E-state index in [1.807, 2.05) is 18.2 Å². The number of H-pyrrole nitrogens is 1. The summed E-state index contributed by atoms with van der Waals surface area (Å²) in [7, 11) is 0. The molecule has 0 bridgehead atoms. The van der Waals surface area contributed by atoms with Gasteiger partial charge in [0, 0.05) is 24.3 Å². The summed E-state index contributed by atoms with van der Waals surface area (Å²) < 4.78 is 40.3. The van der Waals surface area contributed by atoms with Gasteiger partial charge in [0.25, 0.3) is 5.56 Å². The molecule has 1 unspecified atom stereocenters. The van der Waals surface area contributed by atoms with Crippen LogP contribution in [0.1, 0.15) is 71.1 Å². The van der Waals surface area contributed by atoms with Crippen LogP contribution in [0, 0.1) is 6.92 Å². The lowest BCUT2D eigenvalue weighted by atomic mass is 9.87. The molecule has 4 aromatic rings. The van der Waals surface area contributed by atoms with E-state index in [2.05, 4.69) is 20.2 Å². The third-order valence-electron chi connectivity index (χ3n) is 8.38. The number of aromatic nitrogens is 4. The largest absolute Gasteiger partial charge is 0.418 e. The number of benzene rings is 1. The topological polar surface area (TPSA) is 118 Å². The third-order valence-corrected chi connectivity index (χ3v) is 8.38. The van der Waals surface area contributed by atoms with Gasteiger partial charge in [-0.3, -0.25) is 19.6 Å². The number of hydrogen-bond acceptors (Lipinski definition) is 6. The first kappa shape index (κ1) is 27.1. The molecule has 11 heteroatoms. The highest BCUT2D eigenvalue weighted by Gasteiger charge is 2.54. The Morgan fingerprint density at radius 2 is 1.98 bits per heavy atom. The number of rotatable bonds is 6. The first-order valence-electron chi connectivity index (χ1n) is 13.6. The van der Waals surface area contributed by atoms with Crippen molar-refractivity contribution in [2.75, 3.05) is 0 Å². The zero-order chi connectivity index (χ0) is 28.9. The summed E-state index contributed by atoms with van der Waals surface area (Å²) in [5.74, 6) is -0.133. The highest BCUT2D eigenvalue weighted by atomic mass is 19.4. The molecule has 2 aliphatic carbocycles. The van der Waals surface area contributed by atoms with Gasteiger partial charge in [-0.25, -0.2) is 5.10 Å². The maximum absolute atomic E-state index is 14.6. The molecule has 212 valence electrons. The number of hydrogen-bond donors (Lipinski definition) is 2. The smallest absolute Gasteiger partial charge is 0.327 e. The molecular weight excluding hydrogens is 533 g/mol. The first-order valence-corrected chi connectivity index (χ1v) is 13.6. The van der Waals surface area contributed by atoms with Crippen LogP contribution in [-0.4, -0.2) is 31.0 Å². The predicted octanol–water partition coefficient (Wildman–Crippen LogP) is 4.64. The Kier molecular flexibility index (Phi) is 6.64. The van der Waals surface area contributed by atoms with E-state index < -0.39 is 17.2 Å². The lowest BCUT2D eigenvalue weighted by Gasteiger charge is -2.37. The second-order valence-electron chi connectivity index (χ2n) is 10.9. The molecule has 3 aromatic heterocycles. The number of nitrogens with zero attached hydrogens (tertiary/aromatic N) is 4. The van der Waals surface area contributed by atoms with E-state index in [0.717, 1.165) is 35.9 Å². The van der Waals surface area contributed by atoms with E-state index in [9.17, 15) is 22.8 Å². The number of halogens is 3. The minimum absolute atomic E-state index is 0.0447. The van der Waals surface area contributed by atoms with Crippen LogP contribution in [0.15, 0.2) is 53.6 Å². The zero-order valence-corrected chi connectivity index (χ0v) is 22.5. The molecule has 6 rings (SSSR count). The molecule has 3 heterocycles. The van der Waals surface area contributed by atoms with Crippen molar-refractivity contribution in [3.8, 4) is 0 Å². The fraction of sp³-hybridized carbons (Fsp3) is 0.367. The number of pyridine rings is 2. The second-order valence-corrected chi connectivity index (χ2v) is 10.9. The van der Waals surface area contributed by atoms with Crippen molar-refractivity contribution in [1.82, 2.24) is 25.1 Å². The predicted molar refractivity (Wildman–Crippen MR) is 146 cm³/mol. The van der Waals surface area contributed by atoms with Crippen molar-refractivity contribution >= 4 is 16.7 Å². The fourth-order valence-electron chi connectivity index (χ4n) is 6.08. The number of alkyl halides is 3. The van der Waals surface area contributed by atoms with Gasteiger partial charge in [-0.05, 0) is 80.0 Å². The van der Waals surface area contributed by atoms with Gasteiger partial charge in [-0.1, -0.05) is 12.1 Å². The van der Waals surface area contributed by atoms with Crippen molar-refractivity contribution in [1.29, 1.82) is 0 Å². The van der Waals surface area contributed by atoms with Gasteiger partial charge >= 0.3 is 6.18 Å². The fourth-order valence-corrected chi connectivity index (χ4v) is 6.08. The molecule has 1 atom stereocenters. The number of carbonyl (C=O) groups excluding carboxylic acids is 1. The minimum Gasteiger partial charge on any atom is -0.327 e. The highest BCUT2D eigenvalue weighted by molar-refractivity contribution is 5.94. The van der Waals surface area contributed by atoms with Crippen LogP contribution >= 0.6 is 0 Å². The standard InChI is InChI=1S/C30H29F3N6O2/c1-17-12-20(36-15-23(17)30(31,32)33)16-39(25-6-2-4-18-5-3-11-35-26(18)25)28(41)29(9-10-29)19-7-8-21-22(13-19)24(14-34)37-38-27(21)40/h3,5,7-8,11-13,15,25H,2,4,6,9-10,14,16,34H2,1H3,(H,38,40). The van der Waals surface area contributed by atoms with Gasteiger partial charge in [0.15, 0.2) is 0 Å². The Bertz CT molecular complexity index is 1710. The molecule has 0 radical (unpaired) electrons. The van der Waals surface area contributed by atoms with Gasteiger partial charge in [0.2, 0.25) is 5.91 Å². The summed E-state index contributed by atoms with van der Waals surface area (Å²) >= 11 is 0. The van der Waals surface area contributed by atoms with Gasteiger partial charge in [0.05, 0.1) is 46.0 Å². The summed E-state index contributed by atoms with van der Waals surface area (Å²) in [5.41, 5.74) is 7.50. The average molecular weight is 563 g/mol. The number of aromatic amines is 1. The Morgan fingerprint density at radius 3 is 2.68 bits per heavy atom. The van der Waals surface area contributed by atoms with Gasteiger partial charge in [-0.2, -0.15) is 18.3 Å². The van der Waals surface area contributed by atoms with Crippen LogP contribution in [0.25, 0.3) is 10.8 Å². The number of fused-ring (bicyclic) bond motifs is 2. The maximum Gasteiger partial charge on any atom is 0.418 e. The van der Waals surface area contributed by atoms with Crippen LogP contribution < -0.4 is 11.3 Å². The van der Waals surface area contributed by atoms with Crippen molar-refractivity contribution in [2.24, 2.45) is 5.73 Å². The molecule has 1 aromatic carbocycles. The number of amides is 1. The SMILES string of the molecule is Cc1cc(CN(C(=O)C2(c3ccc4c(=O)[nH]nc(CN)c4c3)CC2)C2CCCc3cccnc32)ncc1C(F)(F)F. The molecule has 8 nitrogen and oxygen atoms in total. The molecule has 1 saturated carbocycles. The Hall–Kier alpha value is -4.12. The summed E-state index contributed by atoms with van der Waals surface area (Å²) in [5, 5.41) is 7.59. The zero-order valence-electron chi connectivity index (χ0n) is 22.5. The highest BCUT2D eigenvalue weighted by Crippen LogP contribution is 2.52. The van der Waals surface area contributed by atoms with Crippen LogP contribution in [-0.2, 0) is 35.9 Å². The van der Waals surface area contributed by atoms with Crippen molar-refractivity contribution < 1.29 is 18.0 Å². The number of nitrogens with two attached hydrogens (primary N) is 1. The second kappa shape index (κ2) is 10.1. The van der Waals surface area contributed by atoms with Crippen LogP contribution in [0.4, 0.5) is 13.2 Å². The molecular formula is C30H29F3N6O2. The van der Waals surface area contributed by atoms with Crippen molar-refractivity contribution in [3.63, 3.8) is 0 Å². The summed E-state index contributed by atoms with van der Waals surface area (Å²) in [4.78, 5) is 37.5. The molecule has 0 saturated heterocycles. The Balaban J connectivity index is 1.43. The van der Waals surface area contributed by atoms with Gasteiger partial charge < -0.3 is 10.6 Å². The van der Waals surface area contributed by atoms with E-state index in [1.54, 1.807) is 23.2 Å². The third kappa shape index (κ3) is 4.77. The number of nitrogens with one attached hydrogen (secondary N) is 1. The van der Waals surface area contributed by atoms with Crippen LogP contribution in [0.3, 0.4) is 0 Å².